The van der Waals surface area contributed by atoms with E-state index in [9.17, 15) is 0 Å². The van der Waals surface area contributed by atoms with Gasteiger partial charge in [-0.25, -0.2) is 0 Å². The van der Waals surface area contributed by atoms with Gasteiger partial charge in [0.1, 0.15) is 0 Å². The molecule has 540 valence electrons. The van der Waals surface area contributed by atoms with E-state index < -0.39 is 0 Å². The predicted molar refractivity (Wildman–Crippen MR) is 0 cm³/mol. The summed E-state index contributed by atoms with van der Waals surface area (Å²) in [6.07, 6.45) is 0. The van der Waals surface area contributed by atoms with Crippen LogP contribution < -0.4 is 0 Å². The Morgan fingerprint density at radius 2 is 0.0167 bits per heavy atom. The van der Waals surface area contributed by atoms with Gasteiger partial charge in [0.25, 0.3) is 0 Å². The van der Waals surface area contributed by atoms with E-state index in [1.165, 1.54) is 0 Å². The Labute approximate surface area is 981 Å². The van der Waals surface area contributed by atoms with E-state index in [0.29, 0.717) is 0 Å². The first-order chi connectivity index (χ1) is 0. The molecule has 0 aliphatic rings. The van der Waals surface area contributed by atoms with Gasteiger partial charge in [-0.05, 0) is 0 Å². The van der Waals surface area contributed by atoms with E-state index in [4.69, 9.17) is 0 Å². The van der Waals surface area contributed by atoms with Crippen LogP contribution in [0.3, 0.4) is 0 Å². The second-order valence-corrected chi connectivity index (χ2v) is 0. The molecule has 0 aliphatic carbocycles. The normalized spacial score (nSPS) is 0. The topological polar surface area (TPSA) is 0 Å². The van der Waals surface area contributed by atoms with Gasteiger partial charge < -0.3 is 0 Å². The monoisotopic (exact) mass is 3540 g/mol. The SMILES string of the molecule is [Co].[Co].[Co].[Co].[Co].[Co].[Co].[Co].[Co].[Co].[Co].[Co].[Co].[Co].[Co].[Co].[Co].[Co].[Co].[Co].[Co].[Co].[Co].[Co].[Co].[Co].[Co].[Co].[Co].[Co].[Co].[Co].[Co].[Co].[Co].[Co].[Co].[Co].[Co].[Co].[Co].[Co].[Co].[Co].[Co].[Co].[Co].[Co].[Co].[Co].[Co].[Co].[Co].[Co].[Co].[Co].[Co].[Co].[Co].[Co]. The van der Waals surface area contributed by atoms with Gasteiger partial charge >= 0.3 is 0 Å². The summed E-state index contributed by atoms with van der Waals surface area (Å²) in [4.78, 5) is 0. The number of hydrogen-bond donors (Lipinski definition) is 0. The summed E-state index contributed by atoms with van der Waals surface area (Å²) >= 11 is 0. The van der Waals surface area contributed by atoms with Crippen LogP contribution in [0.4, 0.5) is 0 Å². The van der Waals surface area contributed by atoms with Crippen molar-refractivity contribution in [3.05, 3.63) is 0 Å². The van der Waals surface area contributed by atoms with Crippen LogP contribution in [-0.2, 0) is 1010 Å². The molecule has 0 nitrogen and oxygen atoms in total. The van der Waals surface area contributed by atoms with Gasteiger partial charge in [-0.15, -0.1) is 0 Å². The third kappa shape index (κ3) is 731. The number of rotatable bonds is 0. The van der Waals surface area contributed by atoms with Crippen molar-refractivity contribution in [2.75, 3.05) is 0 Å². The third-order valence-electron chi connectivity index (χ3n) is 0. The van der Waals surface area contributed by atoms with Crippen molar-refractivity contribution < 1.29 is 1010 Å². The summed E-state index contributed by atoms with van der Waals surface area (Å²) in [6, 6.07) is 0. The molecule has 0 aromatic heterocycles. The van der Waals surface area contributed by atoms with Crippen LogP contribution in [-0.4, -0.2) is 0 Å². The molecule has 0 spiro atoms. The maximum Gasteiger partial charge on any atom is 0 e. The minimum absolute atomic E-state index is 0. The Morgan fingerprint density at radius 1 is 0.0167 bits per heavy atom. The summed E-state index contributed by atoms with van der Waals surface area (Å²) in [5.74, 6) is 0. The molecular weight excluding hydrogens is 3540 g/mol. The van der Waals surface area contributed by atoms with Crippen LogP contribution in [0, 0.1) is 0 Å². The molecule has 0 fully saturated rings. The first kappa shape index (κ1) is 782. The Balaban J connectivity index is 0. The van der Waals surface area contributed by atoms with Crippen molar-refractivity contribution in [2.45, 2.75) is 0 Å². The van der Waals surface area contributed by atoms with Crippen molar-refractivity contribution in [3.63, 3.8) is 0 Å². The van der Waals surface area contributed by atoms with Crippen molar-refractivity contribution in [1.29, 1.82) is 0 Å². The first-order valence-electron chi connectivity index (χ1n) is 0. The second kappa shape index (κ2) is 756. The maximum atomic E-state index is 0. The molecule has 0 bridgehead atoms. The minimum atomic E-state index is 0. The molecule has 0 aromatic carbocycles. The van der Waals surface area contributed by atoms with Gasteiger partial charge in [0.05, 0.1) is 0 Å². The molecule has 0 N–H and O–H groups in total. The first-order valence-corrected chi connectivity index (χ1v) is 0. The molecule has 0 saturated heterocycles. The van der Waals surface area contributed by atoms with E-state index in [2.05, 4.69) is 0 Å². The van der Waals surface area contributed by atoms with E-state index in [1.54, 1.807) is 0 Å². The fourth-order valence-electron chi connectivity index (χ4n) is 0. The van der Waals surface area contributed by atoms with Gasteiger partial charge in [-0.1, -0.05) is 0 Å². The van der Waals surface area contributed by atoms with Crippen molar-refractivity contribution >= 4 is 0 Å². The fourth-order valence-corrected chi connectivity index (χ4v) is 0. The van der Waals surface area contributed by atoms with Crippen molar-refractivity contribution in [3.8, 4) is 0 Å². The molecule has 60 heteroatoms. The molecule has 0 aliphatic heterocycles. The van der Waals surface area contributed by atoms with Gasteiger partial charge in [-0.3, -0.25) is 0 Å². The largest absolute Gasteiger partial charge is 0 e. The van der Waals surface area contributed by atoms with Crippen LogP contribution in [0.2, 0.25) is 0 Å². The van der Waals surface area contributed by atoms with Gasteiger partial charge in [-0.2, -0.15) is 0 Å². The van der Waals surface area contributed by atoms with E-state index in [1.807, 2.05) is 0 Å². The predicted octanol–water partition coefficient (Wildman–Crippen LogP) is -0.150. The van der Waals surface area contributed by atoms with Crippen molar-refractivity contribution in [2.24, 2.45) is 0 Å². The molecule has 0 unspecified atom stereocenters. The Bertz CT molecular complexity index is 0. The molecule has 0 aromatic rings. The summed E-state index contributed by atoms with van der Waals surface area (Å²) in [5, 5.41) is 0. The maximum absolute atomic E-state index is 0. The van der Waals surface area contributed by atoms with Crippen LogP contribution in [0.15, 0.2) is 0 Å². The van der Waals surface area contributed by atoms with E-state index in [0.717, 1.165) is 0 Å². The van der Waals surface area contributed by atoms with Gasteiger partial charge in [0, 0.05) is 1010 Å². The zero-order valence-electron chi connectivity index (χ0n) is 20.0. The van der Waals surface area contributed by atoms with Gasteiger partial charge in [0.15, 0.2) is 0 Å². The summed E-state index contributed by atoms with van der Waals surface area (Å²) < 4.78 is 0. The quantitative estimate of drug-likeness (QED) is 0.318. The standard InChI is InChI=1S/60Co. The molecular formula is Co60. The second-order valence-electron chi connectivity index (χ2n) is 0. The van der Waals surface area contributed by atoms with Gasteiger partial charge in [0.2, 0.25) is 0 Å². The third-order valence-corrected chi connectivity index (χ3v) is 0. The van der Waals surface area contributed by atoms with E-state index in [-0.39, 0.29) is 1010 Å². The summed E-state index contributed by atoms with van der Waals surface area (Å²) in [7, 11) is 0. The average Bonchev–Trinajstić information content (AvgIpc) is 0. The van der Waals surface area contributed by atoms with Crippen LogP contribution in [0.1, 0.15) is 0 Å². The molecule has 0 saturated carbocycles. The van der Waals surface area contributed by atoms with E-state index >= 15 is 0 Å². The van der Waals surface area contributed by atoms with Crippen molar-refractivity contribution in [1.82, 2.24) is 0 Å². The van der Waals surface area contributed by atoms with Crippen LogP contribution in [0.5, 0.6) is 0 Å². The molecule has 0 atom stereocenters. The molecule has 0 amide bonds. The summed E-state index contributed by atoms with van der Waals surface area (Å²) in [5.41, 5.74) is 0. The van der Waals surface area contributed by atoms with Crippen LogP contribution >= 0.6 is 0 Å². The average molecular weight is 3540 g/mol. The Kier molecular flexibility index (Phi) is 9860. The molecule has 0 heterocycles. The fraction of sp³-hybridized carbons (Fsp3) is 0. The summed E-state index contributed by atoms with van der Waals surface area (Å²) in [6.45, 7) is 0. The zero-order valence-corrected chi connectivity index (χ0v) is 82.5. The smallest absolute Gasteiger partial charge is 0 e. The Hall–Kier alpha value is 30.4. The minimum Gasteiger partial charge on any atom is 0 e. The Morgan fingerprint density at radius 3 is 0.0167 bits per heavy atom. The molecule has 60 radical (unpaired) electrons. The van der Waals surface area contributed by atoms with Crippen LogP contribution in [0.25, 0.3) is 0 Å². The zero-order chi connectivity index (χ0) is 0. The molecule has 0 rings (SSSR count). The molecule has 60 heavy (non-hydrogen) atoms. The number of hydrogen-bond acceptors (Lipinski definition) is 0.